The molecule has 3 rings (SSSR count). The number of hydrogen-bond acceptors (Lipinski definition) is 6. The van der Waals surface area contributed by atoms with E-state index in [2.05, 4.69) is 171 Å². The quantitative estimate of drug-likeness (QED) is 0.0925. The van der Waals surface area contributed by atoms with Gasteiger partial charge in [0.25, 0.3) is 0 Å². The summed E-state index contributed by atoms with van der Waals surface area (Å²) >= 11 is 0. The van der Waals surface area contributed by atoms with E-state index in [0.717, 1.165) is 39.4 Å². The monoisotopic (exact) mass is 1280 g/mol. The van der Waals surface area contributed by atoms with Crippen molar-refractivity contribution in [2.75, 3.05) is 0 Å². The fourth-order valence-electron chi connectivity index (χ4n) is 6.72. The van der Waals surface area contributed by atoms with Gasteiger partial charge in [0, 0.05) is 0 Å². The SMILES string of the molecule is C=C(C)C(=C)C.C=C(C)C(=C)C.C=C(C)C(=C)C.CC1CC(O[Si](C)(C)C)C(O[Si](C)(C)C)C1.CC1CCC(O[Si](C)(C)C)C1O[Si](C)(C)C.C[Si](C)(C)OC1CCCC1O[Si](C)(C)C.[CH3-].[CH3-].[CH3-].[CH3-].[CH3-].[CH3-].[Co+2].[Co+2].[Co+2]. The van der Waals surface area contributed by atoms with E-state index in [1.54, 1.807) is 0 Å². The molecule has 0 aromatic rings. The van der Waals surface area contributed by atoms with Crippen LogP contribution in [0.3, 0.4) is 0 Å². The molecule has 0 N–H and O–H groups in total. The van der Waals surface area contributed by atoms with Gasteiger partial charge in [-0.3, -0.25) is 0 Å². The Kier molecular flexibility index (Phi) is 65.2. The van der Waals surface area contributed by atoms with Crippen LogP contribution in [-0.4, -0.2) is 86.5 Å². The average molecular weight is 1280 g/mol. The Morgan fingerprint density at radius 1 is 0.311 bits per heavy atom. The van der Waals surface area contributed by atoms with Gasteiger partial charge in [-0.05, 0) is 216 Å². The number of hydrogen-bond donors (Lipinski definition) is 0. The molecule has 3 saturated carbocycles. The molecule has 3 radical (unpaired) electrons. The van der Waals surface area contributed by atoms with Crippen LogP contribution in [0.5, 0.6) is 0 Å². The first-order valence-electron chi connectivity index (χ1n) is 24.8. The Morgan fingerprint density at radius 3 is 0.716 bits per heavy atom. The molecule has 0 aliphatic heterocycles. The summed E-state index contributed by atoms with van der Waals surface area (Å²) in [6.45, 7) is 79.0. The van der Waals surface area contributed by atoms with Gasteiger partial charge in [-0.25, -0.2) is 0 Å². The minimum absolute atomic E-state index is 0. The second kappa shape index (κ2) is 46.6. The first-order valence-corrected chi connectivity index (χ1v) is 45.2. The minimum Gasteiger partial charge on any atom is -0.412 e. The van der Waals surface area contributed by atoms with Gasteiger partial charge >= 0.3 is 50.3 Å². The zero-order chi connectivity index (χ0) is 52.3. The summed E-state index contributed by atoms with van der Waals surface area (Å²) in [6.07, 6.45) is 10.6. The Labute approximate surface area is 506 Å². The van der Waals surface area contributed by atoms with Crippen molar-refractivity contribution in [3.63, 3.8) is 0 Å². The maximum Gasteiger partial charge on any atom is 2.00 e. The summed E-state index contributed by atoms with van der Waals surface area (Å²) in [4.78, 5) is 0. The summed E-state index contributed by atoms with van der Waals surface area (Å²) in [6, 6.07) is 0. The fraction of sp³-hybridized carbons (Fsp3) is 0.695. The van der Waals surface area contributed by atoms with Crippen LogP contribution in [0, 0.1) is 56.4 Å². The topological polar surface area (TPSA) is 55.4 Å². The molecule has 0 aromatic heterocycles. The number of allylic oxidation sites excluding steroid dienone is 6. The van der Waals surface area contributed by atoms with E-state index in [-0.39, 0.29) is 94.9 Å². The smallest absolute Gasteiger partial charge is 0.412 e. The molecule has 0 aromatic carbocycles. The first-order chi connectivity index (χ1) is 28.8. The fourth-order valence-corrected chi connectivity index (χ4v) is 13.8. The molecule has 0 spiro atoms. The molecule has 0 saturated heterocycles. The van der Waals surface area contributed by atoms with Crippen LogP contribution in [0.25, 0.3) is 0 Å². The zero-order valence-electron chi connectivity index (χ0n) is 55.3. The Balaban J connectivity index is -0.0000000636. The van der Waals surface area contributed by atoms with Crippen molar-refractivity contribution < 1.29 is 76.9 Å². The summed E-state index contributed by atoms with van der Waals surface area (Å²) in [5.41, 5.74) is 6.39. The van der Waals surface area contributed by atoms with Gasteiger partial charge in [-0.2, -0.15) is 0 Å². The van der Waals surface area contributed by atoms with E-state index in [1.165, 1.54) is 44.9 Å². The molecule has 0 heterocycles. The van der Waals surface area contributed by atoms with Crippen molar-refractivity contribution >= 4 is 49.9 Å². The van der Waals surface area contributed by atoms with Gasteiger partial charge < -0.3 is 71.1 Å². The second-order valence-corrected chi connectivity index (χ2v) is 52.0. The summed E-state index contributed by atoms with van der Waals surface area (Å²) in [5, 5.41) is 0. The van der Waals surface area contributed by atoms with Gasteiger partial charge in [0.2, 0.25) is 0 Å². The largest absolute Gasteiger partial charge is 2.00 e. The minimum atomic E-state index is -1.45. The predicted molar refractivity (Wildman–Crippen MR) is 347 cm³/mol. The van der Waals surface area contributed by atoms with Crippen molar-refractivity contribution in [2.24, 2.45) is 11.8 Å². The van der Waals surface area contributed by atoms with Crippen molar-refractivity contribution in [3.8, 4) is 0 Å². The van der Waals surface area contributed by atoms with E-state index in [4.69, 9.17) is 26.6 Å². The molecule has 3 aliphatic carbocycles. The van der Waals surface area contributed by atoms with Crippen LogP contribution >= 0.6 is 0 Å². The predicted octanol–water partition coefficient (Wildman–Crippen LogP) is 20.4. The number of rotatable bonds is 15. The van der Waals surface area contributed by atoms with E-state index >= 15 is 0 Å². The summed E-state index contributed by atoms with van der Waals surface area (Å²) < 4.78 is 37.5. The maximum absolute atomic E-state index is 6.31. The molecule has 7 unspecified atom stereocenters. The average Bonchev–Trinajstić information content (AvgIpc) is 3.71. The zero-order valence-corrected chi connectivity index (χ0v) is 64.4. The third-order valence-corrected chi connectivity index (χ3v) is 16.1. The molecule has 6 nitrogen and oxygen atoms in total. The van der Waals surface area contributed by atoms with Gasteiger partial charge in [0.05, 0.1) is 36.6 Å². The molecule has 15 heteroatoms. The van der Waals surface area contributed by atoms with E-state index < -0.39 is 49.9 Å². The molecular weight excluding hydrogens is 1150 g/mol. The maximum atomic E-state index is 6.31. The third-order valence-electron chi connectivity index (χ3n) is 10.1. The van der Waals surface area contributed by atoms with Crippen LogP contribution in [-0.2, 0) is 76.9 Å². The molecule has 453 valence electrons. The van der Waals surface area contributed by atoms with Crippen molar-refractivity contribution in [1.82, 2.24) is 0 Å². The van der Waals surface area contributed by atoms with Gasteiger partial charge in [-0.15, -0.1) is 0 Å². The van der Waals surface area contributed by atoms with Crippen LogP contribution in [0.4, 0.5) is 0 Å². The van der Waals surface area contributed by atoms with Crippen molar-refractivity contribution in [1.29, 1.82) is 0 Å². The first kappa shape index (κ1) is 103. The molecular formula is C59H130Co3O6Si6. The van der Waals surface area contributed by atoms with E-state index in [1.807, 2.05) is 41.5 Å². The second-order valence-electron chi connectivity index (χ2n) is 25.3. The summed E-state index contributed by atoms with van der Waals surface area (Å²) in [7, 11) is -8.55. The van der Waals surface area contributed by atoms with Gasteiger partial charge in [0.15, 0.2) is 49.9 Å². The molecule has 0 bridgehead atoms. The van der Waals surface area contributed by atoms with Gasteiger partial charge in [-0.1, -0.05) is 86.8 Å². The van der Waals surface area contributed by atoms with E-state index in [9.17, 15) is 0 Å². The molecule has 0 amide bonds. The Hall–Kier alpha value is 1.02. The van der Waals surface area contributed by atoms with Gasteiger partial charge in [0.1, 0.15) is 0 Å². The van der Waals surface area contributed by atoms with Crippen LogP contribution in [0.2, 0.25) is 118 Å². The van der Waals surface area contributed by atoms with Crippen molar-refractivity contribution in [3.05, 3.63) is 117 Å². The summed E-state index contributed by atoms with van der Waals surface area (Å²) in [5.74, 6) is 1.41. The van der Waals surface area contributed by atoms with Crippen LogP contribution < -0.4 is 0 Å². The Morgan fingerprint density at radius 2 is 0.514 bits per heavy atom. The van der Waals surface area contributed by atoms with Crippen molar-refractivity contribution in [2.45, 2.75) is 255 Å². The normalized spacial score (nSPS) is 21.5. The third kappa shape index (κ3) is 62.2. The molecule has 3 fully saturated rings. The molecule has 74 heavy (non-hydrogen) atoms. The van der Waals surface area contributed by atoms with E-state index in [0.29, 0.717) is 42.5 Å². The standard InChI is InChI=1S/2C12H28O2Si2.C11H26O2Si2.3C6H10.6CH3.3Co/c1-10-8-11(13-15(2,3)4)12(9-10)14-16(5,6)7;1-10-8-9-11(13-15(2,3)4)12(10)14-16(5,6)7;1-14(2,3)12-10-8-7-9-11(10)13-15(4,5)6;3*1-5(2)6(3)4;;;;;;;;;/h2*10-12H,8-9H2,1-7H3;10-11H,7-9H2,1-6H3;3*1,3H2,2,4H3;6*1H3;;;/q;;;;;;6*-1;3*+2. The van der Waals surface area contributed by atoms with Crippen LogP contribution in [0.15, 0.2) is 72.9 Å². The Bertz CT molecular complexity index is 1310. The molecule has 3 aliphatic rings. The van der Waals surface area contributed by atoms with Crippen LogP contribution in [0.1, 0.15) is 100 Å². The molecule has 7 atom stereocenters.